The van der Waals surface area contributed by atoms with Crippen molar-refractivity contribution >= 4 is 17.7 Å². The van der Waals surface area contributed by atoms with Crippen molar-refractivity contribution in [2.24, 2.45) is 0 Å². The van der Waals surface area contributed by atoms with E-state index in [0.29, 0.717) is 11.7 Å². The molecule has 0 saturated heterocycles. The highest BCUT2D eigenvalue weighted by atomic mass is 32.2. The second kappa shape index (κ2) is 8.96. The smallest absolute Gasteiger partial charge is 0.258 e. The van der Waals surface area contributed by atoms with Crippen LogP contribution in [0.25, 0.3) is 0 Å². The molecule has 6 nitrogen and oxygen atoms in total. The number of hydrogen-bond acceptors (Lipinski definition) is 5. The first kappa shape index (κ1) is 17.8. The molecule has 1 fully saturated rings. The van der Waals surface area contributed by atoms with Gasteiger partial charge in [0.05, 0.1) is 11.8 Å². The van der Waals surface area contributed by atoms with Crippen LogP contribution >= 0.6 is 11.8 Å². The lowest BCUT2D eigenvalue weighted by Gasteiger charge is -2.25. The van der Waals surface area contributed by atoms with E-state index < -0.39 is 0 Å². The number of nitrogens with one attached hydrogen (secondary N) is 1. The van der Waals surface area contributed by atoms with Crippen LogP contribution in [-0.2, 0) is 4.79 Å². The molecule has 0 aliphatic heterocycles. The quantitative estimate of drug-likeness (QED) is 0.453. The molecule has 23 heavy (non-hydrogen) atoms. The molecule has 1 aliphatic carbocycles. The Hall–Kier alpha value is -1.50. The minimum atomic E-state index is -0.282. The fourth-order valence-corrected chi connectivity index (χ4v) is 3.72. The van der Waals surface area contributed by atoms with E-state index in [2.05, 4.69) is 17.2 Å². The van der Waals surface area contributed by atoms with Crippen molar-refractivity contribution in [3.63, 3.8) is 0 Å². The number of thioether (sulfide) groups is 1. The molecule has 0 atom stereocenters. The molecule has 0 unspecified atom stereocenters. The molecule has 1 aromatic rings. The van der Waals surface area contributed by atoms with Gasteiger partial charge in [-0.3, -0.25) is 14.2 Å². The molecular formula is C16H25N3O3S. The molecule has 128 valence electrons. The summed E-state index contributed by atoms with van der Waals surface area (Å²) in [6, 6.07) is 1.27. The molecule has 7 heteroatoms. The highest BCUT2D eigenvalue weighted by Gasteiger charge is 2.21. The number of amides is 1. The predicted molar refractivity (Wildman–Crippen MR) is 90.9 cm³/mol. The van der Waals surface area contributed by atoms with Crippen LogP contribution in [0.3, 0.4) is 0 Å². The summed E-state index contributed by atoms with van der Waals surface area (Å²) in [6.07, 6.45) is 7.26. The van der Waals surface area contributed by atoms with Crippen LogP contribution in [0.2, 0.25) is 0 Å². The summed E-state index contributed by atoms with van der Waals surface area (Å²) < 4.78 is 1.66. The topological polar surface area (TPSA) is 84.2 Å². The molecule has 2 rings (SSSR count). The predicted octanol–water partition coefficient (Wildman–Crippen LogP) is 2.46. The Balaban J connectivity index is 2.07. The lowest BCUT2D eigenvalue weighted by atomic mass is 9.95. The van der Waals surface area contributed by atoms with Crippen LogP contribution < -0.4 is 10.9 Å². The van der Waals surface area contributed by atoms with Gasteiger partial charge in [0.2, 0.25) is 11.8 Å². The number of aromatic hydroxyl groups is 1. The molecule has 1 aliphatic rings. The summed E-state index contributed by atoms with van der Waals surface area (Å²) in [7, 11) is 0. The van der Waals surface area contributed by atoms with Gasteiger partial charge in [0, 0.05) is 12.6 Å². The van der Waals surface area contributed by atoms with Crippen LogP contribution in [0.5, 0.6) is 5.88 Å². The molecular weight excluding hydrogens is 314 g/mol. The Bertz CT molecular complexity index is 582. The van der Waals surface area contributed by atoms with Crippen LogP contribution in [0.1, 0.15) is 57.9 Å². The molecule has 1 saturated carbocycles. The molecule has 1 heterocycles. The van der Waals surface area contributed by atoms with Crippen molar-refractivity contribution in [2.45, 2.75) is 63.1 Å². The molecule has 0 aromatic carbocycles. The summed E-state index contributed by atoms with van der Waals surface area (Å²) in [5.74, 6) is -0.154. The lowest BCUT2D eigenvalue weighted by molar-refractivity contribution is -0.118. The summed E-state index contributed by atoms with van der Waals surface area (Å²) in [5, 5.41) is 12.9. The fourth-order valence-electron chi connectivity index (χ4n) is 2.82. The van der Waals surface area contributed by atoms with Gasteiger partial charge in [0.25, 0.3) is 5.56 Å². The van der Waals surface area contributed by atoms with Gasteiger partial charge in [0.1, 0.15) is 0 Å². The molecule has 1 aromatic heterocycles. The van der Waals surface area contributed by atoms with E-state index in [-0.39, 0.29) is 29.1 Å². The summed E-state index contributed by atoms with van der Waals surface area (Å²) >= 11 is 1.21. The number of carbonyl (C=O) groups is 1. The van der Waals surface area contributed by atoms with Gasteiger partial charge in [0.15, 0.2) is 5.16 Å². The van der Waals surface area contributed by atoms with E-state index >= 15 is 0 Å². The number of rotatable bonds is 7. The Morgan fingerprint density at radius 1 is 1.43 bits per heavy atom. The average Bonchev–Trinajstić information content (AvgIpc) is 2.53. The van der Waals surface area contributed by atoms with Crippen molar-refractivity contribution in [3.05, 3.63) is 16.4 Å². The maximum absolute atomic E-state index is 12.3. The number of unbranched alkanes of at least 4 members (excludes halogenated alkanes) is 1. The summed E-state index contributed by atoms with van der Waals surface area (Å²) in [4.78, 5) is 28.2. The normalized spacial score (nSPS) is 15.5. The molecule has 0 bridgehead atoms. The standard InChI is InChI=1S/C16H25N3O3S/c1-2-3-9-17-14(21)11-23-16-18-13(20)10-15(22)19(16)12-7-5-4-6-8-12/h10,12,20H,2-9,11H2,1H3,(H,17,21). The Morgan fingerprint density at radius 3 is 2.87 bits per heavy atom. The third kappa shape index (κ3) is 5.27. The highest BCUT2D eigenvalue weighted by molar-refractivity contribution is 7.99. The van der Waals surface area contributed by atoms with Gasteiger partial charge in [-0.2, -0.15) is 4.98 Å². The van der Waals surface area contributed by atoms with Crippen molar-refractivity contribution in [1.29, 1.82) is 0 Å². The maximum atomic E-state index is 12.3. The van der Waals surface area contributed by atoms with Gasteiger partial charge in [-0.15, -0.1) is 0 Å². The molecule has 0 radical (unpaired) electrons. The monoisotopic (exact) mass is 339 g/mol. The zero-order valence-electron chi connectivity index (χ0n) is 13.6. The first-order chi connectivity index (χ1) is 11.1. The second-order valence-corrected chi connectivity index (χ2v) is 6.83. The molecule has 0 spiro atoms. The van der Waals surface area contributed by atoms with Gasteiger partial charge in [-0.05, 0) is 19.3 Å². The first-order valence-electron chi connectivity index (χ1n) is 8.34. The number of nitrogens with zero attached hydrogens (tertiary/aromatic N) is 2. The largest absolute Gasteiger partial charge is 0.493 e. The van der Waals surface area contributed by atoms with Gasteiger partial charge in [-0.1, -0.05) is 44.4 Å². The zero-order chi connectivity index (χ0) is 16.7. The maximum Gasteiger partial charge on any atom is 0.258 e. The van der Waals surface area contributed by atoms with E-state index in [4.69, 9.17) is 0 Å². The minimum Gasteiger partial charge on any atom is -0.493 e. The third-order valence-corrected chi connectivity index (χ3v) is 4.98. The zero-order valence-corrected chi connectivity index (χ0v) is 14.4. The highest BCUT2D eigenvalue weighted by Crippen LogP contribution is 2.30. The number of carbonyl (C=O) groups excluding carboxylic acids is 1. The third-order valence-electron chi connectivity index (χ3n) is 4.03. The van der Waals surface area contributed by atoms with E-state index in [9.17, 15) is 14.7 Å². The van der Waals surface area contributed by atoms with Crippen molar-refractivity contribution in [3.8, 4) is 5.88 Å². The van der Waals surface area contributed by atoms with Crippen molar-refractivity contribution in [1.82, 2.24) is 14.9 Å². The first-order valence-corrected chi connectivity index (χ1v) is 9.32. The van der Waals surface area contributed by atoms with Crippen LogP contribution in [0.15, 0.2) is 16.0 Å². The van der Waals surface area contributed by atoms with Crippen molar-refractivity contribution in [2.75, 3.05) is 12.3 Å². The van der Waals surface area contributed by atoms with E-state index in [0.717, 1.165) is 44.6 Å². The van der Waals surface area contributed by atoms with E-state index in [1.807, 2.05) is 0 Å². The van der Waals surface area contributed by atoms with Crippen molar-refractivity contribution < 1.29 is 9.90 Å². The fraction of sp³-hybridized carbons (Fsp3) is 0.688. The number of aromatic nitrogens is 2. The van der Waals surface area contributed by atoms with Crippen LogP contribution in [0.4, 0.5) is 0 Å². The summed E-state index contributed by atoms with van der Waals surface area (Å²) in [5.41, 5.74) is -0.238. The minimum absolute atomic E-state index is 0.0729. The lowest BCUT2D eigenvalue weighted by Crippen LogP contribution is -2.29. The van der Waals surface area contributed by atoms with Crippen LogP contribution in [-0.4, -0.2) is 32.9 Å². The van der Waals surface area contributed by atoms with Gasteiger partial charge >= 0.3 is 0 Å². The van der Waals surface area contributed by atoms with E-state index in [1.165, 1.54) is 18.2 Å². The van der Waals surface area contributed by atoms with Gasteiger partial charge < -0.3 is 10.4 Å². The van der Waals surface area contributed by atoms with Gasteiger partial charge in [-0.25, -0.2) is 0 Å². The van der Waals surface area contributed by atoms with Crippen LogP contribution in [0, 0.1) is 0 Å². The Labute approximate surface area is 140 Å². The molecule has 2 N–H and O–H groups in total. The Kier molecular flexibility index (Phi) is 6.95. The summed E-state index contributed by atoms with van der Waals surface area (Å²) in [6.45, 7) is 2.74. The Morgan fingerprint density at radius 2 is 2.17 bits per heavy atom. The SMILES string of the molecule is CCCCNC(=O)CSc1nc(O)cc(=O)n1C1CCCCC1. The molecule has 1 amide bonds. The van der Waals surface area contributed by atoms with E-state index in [1.54, 1.807) is 4.57 Å². The number of hydrogen-bond donors (Lipinski definition) is 2. The second-order valence-electron chi connectivity index (χ2n) is 5.89. The average molecular weight is 339 g/mol.